The highest BCUT2D eigenvalue weighted by atomic mass is 32.1. The molecule has 0 saturated heterocycles. The molecule has 1 aromatic carbocycles. The van der Waals surface area contributed by atoms with E-state index in [4.69, 9.17) is 0 Å². The summed E-state index contributed by atoms with van der Waals surface area (Å²) < 4.78 is 4.59. The molecule has 25 heavy (non-hydrogen) atoms. The van der Waals surface area contributed by atoms with E-state index >= 15 is 0 Å². The van der Waals surface area contributed by atoms with Gasteiger partial charge in [0.25, 0.3) is 11.6 Å². The maximum atomic E-state index is 12.6. The highest BCUT2D eigenvalue weighted by Gasteiger charge is 2.23. The van der Waals surface area contributed by atoms with Crippen LogP contribution in [0.3, 0.4) is 0 Å². The molecule has 0 saturated carbocycles. The number of non-ortho nitro benzene ring substituents is 1. The van der Waals surface area contributed by atoms with E-state index in [-0.39, 0.29) is 28.8 Å². The summed E-state index contributed by atoms with van der Waals surface area (Å²) in [5, 5.41) is 15.9. The number of hydrogen-bond donors (Lipinski definition) is 1. The van der Waals surface area contributed by atoms with Crippen LogP contribution in [0, 0.1) is 16.0 Å². The first-order chi connectivity index (χ1) is 11.8. The predicted octanol–water partition coefficient (Wildman–Crippen LogP) is 3.57. The van der Waals surface area contributed by atoms with Crippen LogP contribution in [0.5, 0.6) is 0 Å². The summed E-state index contributed by atoms with van der Waals surface area (Å²) in [6, 6.07) is 7.11. The van der Waals surface area contributed by atoms with E-state index in [1.54, 1.807) is 0 Å². The number of esters is 1. The average molecular weight is 362 g/mol. The number of methoxy groups -OCH3 is 1. The van der Waals surface area contributed by atoms with Crippen LogP contribution >= 0.6 is 11.3 Å². The Morgan fingerprint density at radius 1 is 1.24 bits per heavy atom. The first-order valence-corrected chi connectivity index (χ1v) is 8.43. The smallest absolute Gasteiger partial charge is 0.338 e. The molecule has 7 nitrogen and oxygen atoms in total. The number of nitrogens with one attached hydrogen (secondary N) is 1. The Hall–Kier alpha value is -2.74. The average Bonchev–Trinajstić information content (AvgIpc) is 3.12. The maximum absolute atomic E-state index is 12.6. The van der Waals surface area contributed by atoms with Gasteiger partial charge in [-0.25, -0.2) is 4.79 Å². The number of nitro groups is 1. The molecule has 1 amide bonds. The lowest BCUT2D eigenvalue weighted by Gasteiger charge is -2.21. The highest BCUT2D eigenvalue weighted by molar-refractivity contribution is 7.10. The van der Waals surface area contributed by atoms with Crippen LogP contribution < -0.4 is 5.32 Å². The second-order valence-corrected chi connectivity index (χ2v) is 6.71. The van der Waals surface area contributed by atoms with Crippen molar-refractivity contribution in [1.82, 2.24) is 5.32 Å². The van der Waals surface area contributed by atoms with E-state index in [0.717, 1.165) is 17.0 Å². The van der Waals surface area contributed by atoms with Crippen molar-refractivity contribution in [2.75, 3.05) is 7.11 Å². The maximum Gasteiger partial charge on any atom is 0.338 e. The van der Waals surface area contributed by atoms with Gasteiger partial charge < -0.3 is 10.1 Å². The van der Waals surface area contributed by atoms with Crippen molar-refractivity contribution in [2.45, 2.75) is 19.9 Å². The van der Waals surface area contributed by atoms with Gasteiger partial charge in [0.15, 0.2) is 0 Å². The molecular weight excluding hydrogens is 344 g/mol. The Labute approximate surface area is 148 Å². The first-order valence-electron chi connectivity index (χ1n) is 7.55. The number of carbonyl (C=O) groups is 2. The number of rotatable bonds is 6. The third-order valence-corrected chi connectivity index (χ3v) is 4.57. The van der Waals surface area contributed by atoms with Crippen LogP contribution in [0.15, 0.2) is 35.7 Å². The molecule has 2 aromatic rings. The number of thiophene rings is 1. The van der Waals surface area contributed by atoms with Crippen molar-refractivity contribution in [3.63, 3.8) is 0 Å². The minimum atomic E-state index is -0.739. The fourth-order valence-electron chi connectivity index (χ4n) is 2.34. The molecule has 0 radical (unpaired) electrons. The molecule has 1 N–H and O–H groups in total. The van der Waals surface area contributed by atoms with Crippen molar-refractivity contribution < 1.29 is 19.2 Å². The van der Waals surface area contributed by atoms with Gasteiger partial charge in [0.2, 0.25) is 0 Å². The standard InChI is InChI=1S/C17H18N2O5S/c1-10(2)15(14-5-4-6-25-14)18-16(20)11-7-12(17(21)24-3)9-13(8-11)19(22)23/h4-10,15H,1-3H3,(H,18,20). The summed E-state index contributed by atoms with van der Waals surface area (Å²) in [6.45, 7) is 3.94. The fraction of sp³-hybridized carbons (Fsp3) is 0.294. The van der Waals surface area contributed by atoms with Gasteiger partial charge in [0.05, 0.1) is 23.6 Å². The van der Waals surface area contributed by atoms with Gasteiger partial charge >= 0.3 is 5.97 Å². The van der Waals surface area contributed by atoms with Gasteiger partial charge in [0.1, 0.15) is 0 Å². The van der Waals surface area contributed by atoms with Crippen molar-refractivity contribution in [2.24, 2.45) is 5.92 Å². The van der Waals surface area contributed by atoms with Crippen LogP contribution in [-0.4, -0.2) is 23.9 Å². The Kier molecular flexibility index (Phi) is 5.87. The summed E-state index contributed by atoms with van der Waals surface area (Å²) in [5.74, 6) is -1.10. The molecule has 1 aromatic heterocycles. The number of hydrogen-bond acceptors (Lipinski definition) is 6. The van der Waals surface area contributed by atoms with Gasteiger partial charge in [-0.15, -0.1) is 11.3 Å². The second-order valence-electron chi connectivity index (χ2n) is 5.73. The highest BCUT2D eigenvalue weighted by Crippen LogP contribution is 2.27. The Morgan fingerprint density at radius 2 is 1.92 bits per heavy atom. The Balaban J connectivity index is 2.35. The van der Waals surface area contributed by atoms with Crippen LogP contribution in [0.25, 0.3) is 0 Å². The summed E-state index contributed by atoms with van der Waals surface area (Å²) in [6.07, 6.45) is 0. The van der Waals surface area contributed by atoms with Crippen LogP contribution in [0.2, 0.25) is 0 Å². The molecule has 0 aliphatic carbocycles. The van der Waals surface area contributed by atoms with E-state index in [2.05, 4.69) is 10.1 Å². The normalized spacial score (nSPS) is 11.8. The summed E-state index contributed by atoms with van der Waals surface area (Å²) in [5.41, 5.74) is -0.346. The van der Waals surface area contributed by atoms with Gasteiger partial charge in [0, 0.05) is 22.6 Å². The van der Waals surface area contributed by atoms with Crippen LogP contribution in [-0.2, 0) is 4.74 Å². The molecular formula is C17H18N2O5S. The molecule has 0 bridgehead atoms. The number of nitrogens with zero attached hydrogens (tertiary/aromatic N) is 1. The number of amides is 1. The molecule has 1 atom stereocenters. The number of carbonyl (C=O) groups excluding carboxylic acids is 2. The van der Waals surface area contributed by atoms with Gasteiger partial charge in [-0.3, -0.25) is 14.9 Å². The Morgan fingerprint density at radius 3 is 2.44 bits per heavy atom. The molecule has 132 valence electrons. The molecule has 0 spiro atoms. The molecule has 1 unspecified atom stereocenters. The van der Waals surface area contributed by atoms with Crippen molar-refractivity contribution in [1.29, 1.82) is 0 Å². The lowest BCUT2D eigenvalue weighted by atomic mass is 10.0. The minimum Gasteiger partial charge on any atom is -0.465 e. The predicted molar refractivity (Wildman–Crippen MR) is 93.8 cm³/mol. The van der Waals surface area contributed by atoms with Gasteiger partial charge in [-0.2, -0.15) is 0 Å². The van der Waals surface area contributed by atoms with Gasteiger partial charge in [-0.05, 0) is 23.4 Å². The number of nitro benzene ring substituents is 1. The third-order valence-electron chi connectivity index (χ3n) is 3.61. The summed E-state index contributed by atoms with van der Waals surface area (Å²) >= 11 is 1.52. The van der Waals surface area contributed by atoms with Crippen molar-refractivity contribution in [3.05, 3.63) is 61.8 Å². The van der Waals surface area contributed by atoms with E-state index in [0.29, 0.717) is 0 Å². The van der Waals surface area contributed by atoms with E-state index in [1.807, 2.05) is 31.4 Å². The monoisotopic (exact) mass is 362 g/mol. The zero-order valence-electron chi connectivity index (χ0n) is 14.0. The summed E-state index contributed by atoms with van der Waals surface area (Å²) in [7, 11) is 1.17. The van der Waals surface area contributed by atoms with E-state index in [1.165, 1.54) is 24.5 Å². The van der Waals surface area contributed by atoms with Crippen molar-refractivity contribution in [3.8, 4) is 0 Å². The fourth-order valence-corrected chi connectivity index (χ4v) is 3.29. The number of benzene rings is 1. The largest absolute Gasteiger partial charge is 0.465 e. The second kappa shape index (κ2) is 7.89. The topological polar surface area (TPSA) is 98.5 Å². The molecule has 0 aliphatic heterocycles. The molecule has 8 heteroatoms. The SMILES string of the molecule is COC(=O)c1cc(C(=O)NC(c2cccs2)C(C)C)cc([N+](=O)[O-])c1. The zero-order valence-corrected chi connectivity index (χ0v) is 14.8. The third kappa shape index (κ3) is 4.42. The lowest BCUT2D eigenvalue weighted by Crippen LogP contribution is -2.31. The Bertz CT molecular complexity index is 786. The molecule has 0 aliphatic rings. The minimum absolute atomic E-state index is 0.0387. The van der Waals surface area contributed by atoms with E-state index in [9.17, 15) is 19.7 Å². The van der Waals surface area contributed by atoms with Gasteiger partial charge in [-0.1, -0.05) is 19.9 Å². The van der Waals surface area contributed by atoms with E-state index < -0.39 is 16.8 Å². The summed E-state index contributed by atoms with van der Waals surface area (Å²) in [4.78, 5) is 35.7. The van der Waals surface area contributed by atoms with Crippen LogP contribution in [0.4, 0.5) is 5.69 Å². The van der Waals surface area contributed by atoms with Crippen LogP contribution in [0.1, 0.15) is 45.5 Å². The first kappa shape index (κ1) is 18.6. The molecule has 1 heterocycles. The molecule has 2 rings (SSSR count). The zero-order chi connectivity index (χ0) is 18.6. The quantitative estimate of drug-likeness (QED) is 0.481. The van der Waals surface area contributed by atoms with Crippen molar-refractivity contribution >= 4 is 28.9 Å². The number of ether oxygens (including phenoxy) is 1. The molecule has 0 fully saturated rings. The lowest BCUT2D eigenvalue weighted by molar-refractivity contribution is -0.384.